The number of ether oxygens (including phenoxy) is 3. The van der Waals surface area contributed by atoms with E-state index in [1.165, 1.54) is 0 Å². The minimum absolute atomic E-state index is 0.182. The molecule has 1 unspecified atom stereocenters. The molecule has 0 amide bonds. The van der Waals surface area contributed by atoms with Crippen molar-refractivity contribution < 1.29 is 23.8 Å². The lowest BCUT2D eigenvalue weighted by Crippen LogP contribution is -2.28. The molecule has 0 bridgehead atoms. The molecule has 0 aliphatic rings. The molecule has 1 atom stereocenters. The number of rotatable bonds is 13. The van der Waals surface area contributed by atoms with Gasteiger partial charge in [0, 0.05) is 13.0 Å². The summed E-state index contributed by atoms with van der Waals surface area (Å²) in [4.78, 5) is 23.4. The quantitative estimate of drug-likeness (QED) is 0.386. The van der Waals surface area contributed by atoms with Gasteiger partial charge in [0.25, 0.3) is 0 Å². The summed E-state index contributed by atoms with van der Waals surface area (Å²) in [5, 5.41) is 0. The van der Waals surface area contributed by atoms with Gasteiger partial charge in [-0.15, -0.1) is 0 Å². The van der Waals surface area contributed by atoms with Crippen LogP contribution in [0.2, 0.25) is 0 Å². The minimum Gasteiger partial charge on any atom is -0.466 e. The lowest BCUT2D eigenvalue weighted by Gasteiger charge is -2.16. The molecule has 0 heterocycles. The molecule has 0 fully saturated rings. The van der Waals surface area contributed by atoms with E-state index < -0.39 is 6.10 Å². The van der Waals surface area contributed by atoms with Crippen molar-refractivity contribution in [2.75, 3.05) is 19.8 Å². The van der Waals surface area contributed by atoms with Crippen LogP contribution in [-0.2, 0) is 23.8 Å². The van der Waals surface area contributed by atoms with Crippen LogP contribution in [0.15, 0.2) is 0 Å². The Morgan fingerprint density at radius 1 is 0.857 bits per heavy atom. The van der Waals surface area contributed by atoms with Crippen molar-refractivity contribution in [2.45, 2.75) is 71.8 Å². The summed E-state index contributed by atoms with van der Waals surface area (Å²) in [6.45, 7) is 7.37. The van der Waals surface area contributed by atoms with Gasteiger partial charge >= 0.3 is 11.9 Å². The molecule has 0 aromatic rings. The van der Waals surface area contributed by atoms with E-state index in [0.29, 0.717) is 26.2 Å². The van der Waals surface area contributed by atoms with Gasteiger partial charge in [-0.25, -0.2) is 4.79 Å². The Hall–Kier alpha value is -1.10. The Balaban J connectivity index is 4.09. The van der Waals surface area contributed by atoms with Crippen LogP contribution in [0.4, 0.5) is 0 Å². The minimum atomic E-state index is -0.666. The van der Waals surface area contributed by atoms with Crippen LogP contribution in [0.25, 0.3) is 0 Å². The zero-order chi connectivity index (χ0) is 15.9. The standard InChI is InChI=1S/C16H30O5/c1-4-7-12-20-15(17)10-9-14(19-11-6-3)16(18)21-13-8-5-2/h14H,4-13H2,1-3H3. The lowest BCUT2D eigenvalue weighted by molar-refractivity contribution is -0.158. The third-order valence-electron chi connectivity index (χ3n) is 2.90. The first-order chi connectivity index (χ1) is 10.2. The molecule has 0 aliphatic carbocycles. The number of hydrogen-bond acceptors (Lipinski definition) is 5. The molecule has 5 nitrogen and oxygen atoms in total. The zero-order valence-corrected chi connectivity index (χ0v) is 13.7. The number of esters is 2. The summed E-state index contributed by atoms with van der Waals surface area (Å²) < 4.78 is 15.7. The van der Waals surface area contributed by atoms with Crippen LogP contribution < -0.4 is 0 Å². The van der Waals surface area contributed by atoms with Gasteiger partial charge in [-0.2, -0.15) is 0 Å². The first-order valence-electron chi connectivity index (χ1n) is 8.09. The van der Waals surface area contributed by atoms with Gasteiger partial charge < -0.3 is 14.2 Å². The molecule has 0 rings (SSSR count). The Morgan fingerprint density at radius 2 is 1.48 bits per heavy atom. The molecular formula is C16H30O5. The number of unbranched alkanes of at least 4 members (excludes halogenated alkanes) is 2. The topological polar surface area (TPSA) is 61.8 Å². The largest absolute Gasteiger partial charge is 0.466 e. The van der Waals surface area contributed by atoms with Gasteiger partial charge in [-0.1, -0.05) is 33.6 Å². The Bertz CT molecular complexity index is 278. The highest BCUT2D eigenvalue weighted by Crippen LogP contribution is 2.08. The molecule has 0 spiro atoms. The third kappa shape index (κ3) is 11.3. The lowest BCUT2D eigenvalue weighted by atomic mass is 10.2. The Labute approximate surface area is 128 Å². The summed E-state index contributed by atoms with van der Waals surface area (Å²) in [7, 11) is 0. The average Bonchev–Trinajstić information content (AvgIpc) is 2.47. The second-order valence-electron chi connectivity index (χ2n) is 4.99. The van der Waals surface area contributed by atoms with Crippen LogP contribution in [0, 0.1) is 0 Å². The highest BCUT2D eigenvalue weighted by Gasteiger charge is 2.22. The van der Waals surface area contributed by atoms with E-state index in [-0.39, 0.29) is 18.4 Å². The van der Waals surface area contributed by atoms with Crippen LogP contribution in [0.5, 0.6) is 0 Å². The average molecular weight is 302 g/mol. The Kier molecular flexibility index (Phi) is 13.1. The van der Waals surface area contributed by atoms with Gasteiger partial charge in [-0.05, 0) is 25.7 Å². The maximum absolute atomic E-state index is 11.9. The summed E-state index contributed by atoms with van der Waals surface area (Å²) in [5.41, 5.74) is 0. The monoisotopic (exact) mass is 302 g/mol. The maximum atomic E-state index is 11.9. The number of carbonyl (C=O) groups excluding carboxylic acids is 2. The Morgan fingerprint density at radius 3 is 2.05 bits per heavy atom. The second-order valence-corrected chi connectivity index (χ2v) is 4.99. The third-order valence-corrected chi connectivity index (χ3v) is 2.90. The van der Waals surface area contributed by atoms with E-state index in [1.54, 1.807) is 0 Å². The molecule has 0 saturated heterocycles. The molecule has 0 saturated carbocycles. The van der Waals surface area contributed by atoms with E-state index in [0.717, 1.165) is 32.1 Å². The predicted molar refractivity (Wildman–Crippen MR) is 81.0 cm³/mol. The van der Waals surface area contributed by atoms with Crippen molar-refractivity contribution in [1.29, 1.82) is 0 Å². The van der Waals surface area contributed by atoms with Crippen molar-refractivity contribution in [3.8, 4) is 0 Å². The summed E-state index contributed by atoms with van der Waals surface area (Å²) in [6.07, 6.45) is 4.31. The van der Waals surface area contributed by atoms with E-state index in [1.807, 2.05) is 20.8 Å². The summed E-state index contributed by atoms with van der Waals surface area (Å²) in [5.74, 6) is -0.659. The van der Waals surface area contributed by atoms with Crippen LogP contribution in [0.1, 0.15) is 65.7 Å². The summed E-state index contributed by atoms with van der Waals surface area (Å²) >= 11 is 0. The summed E-state index contributed by atoms with van der Waals surface area (Å²) in [6, 6.07) is 0. The van der Waals surface area contributed by atoms with Gasteiger partial charge in [0.15, 0.2) is 6.10 Å². The smallest absolute Gasteiger partial charge is 0.335 e. The molecule has 124 valence electrons. The number of hydrogen-bond donors (Lipinski definition) is 0. The van der Waals surface area contributed by atoms with Crippen molar-refractivity contribution in [3.05, 3.63) is 0 Å². The highest BCUT2D eigenvalue weighted by molar-refractivity contribution is 5.76. The van der Waals surface area contributed by atoms with E-state index in [9.17, 15) is 9.59 Å². The second kappa shape index (κ2) is 13.9. The fraction of sp³-hybridized carbons (Fsp3) is 0.875. The highest BCUT2D eigenvalue weighted by atomic mass is 16.6. The maximum Gasteiger partial charge on any atom is 0.335 e. The zero-order valence-electron chi connectivity index (χ0n) is 13.7. The fourth-order valence-corrected chi connectivity index (χ4v) is 1.59. The van der Waals surface area contributed by atoms with Crippen LogP contribution in [-0.4, -0.2) is 37.9 Å². The van der Waals surface area contributed by atoms with Gasteiger partial charge in [0.05, 0.1) is 13.2 Å². The van der Waals surface area contributed by atoms with E-state index in [4.69, 9.17) is 14.2 Å². The molecule has 0 N–H and O–H groups in total. The molecule has 0 radical (unpaired) electrons. The van der Waals surface area contributed by atoms with Gasteiger partial charge in [-0.3, -0.25) is 4.79 Å². The predicted octanol–water partition coefficient (Wildman–Crippen LogP) is 3.25. The van der Waals surface area contributed by atoms with Crippen molar-refractivity contribution in [1.82, 2.24) is 0 Å². The van der Waals surface area contributed by atoms with Crippen molar-refractivity contribution in [3.63, 3.8) is 0 Å². The molecule has 0 aliphatic heterocycles. The van der Waals surface area contributed by atoms with E-state index >= 15 is 0 Å². The van der Waals surface area contributed by atoms with Crippen molar-refractivity contribution >= 4 is 11.9 Å². The first kappa shape index (κ1) is 19.9. The molecule has 0 aromatic heterocycles. The van der Waals surface area contributed by atoms with Crippen molar-refractivity contribution in [2.24, 2.45) is 0 Å². The molecule has 0 aromatic carbocycles. The van der Waals surface area contributed by atoms with Crippen LogP contribution >= 0.6 is 0 Å². The van der Waals surface area contributed by atoms with E-state index in [2.05, 4.69) is 0 Å². The molecule has 5 heteroatoms. The van der Waals surface area contributed by atoms with Gasteiger partial charge in [0.1, 0.15) is 0 Å². The van der Waals surface area contributed by atoms with Gasteiger partial charge in [0.2, 0.25) is 0 Å². The number of carbonyl (C=O) groups is 2. The normalized spacial score (nSPS) is 12.0. The first-order valence-corrected chi connectivity index (χ1v) is 8.09. The SMILES string of the molecule is CCCCOC(=O)CCC(OCCC)C(=O)OCCCC. The fourth-order valence-electron chi connectivity index (χ4n) is 1.59. The molecule has 21 heavy (non-hydrogen) atoms. The molecular weight excluding hydrogens is 272 g/mol. The van der Waals surface area contributed by atoms with Crippen LogP contribution in [0.3, 0.4) is 0 Å².